The summed E-state index contributed by atoms with van der Waals surface area (Å²) in [5.74, 6) is 0.891. The molecule has 3 heteroatoms. The molecule has 78 valence electrons. The molecule has 1 aromatic heterocycles. The van der Waals surface area contributed by atoms with Gasteiger partial charge in [0.2, 0.25) is 0 Å². The van der Waals surface area contributed by atoms with Crippen LogP contribution in [0.1, 0.15) is 44.4 Å². The third-order valence-corrected chi connectivity index (χ3v) is 2.94. The molecule has 1 unspecified atom stereocenters. The van der Waals surface area contributed by atoms with Gasteiger partial charge in [0.05, 0.1) is 11.8 Å². The Morgan fingerprint density at radius 2 is 2.43 bits per heavy atom. The molecule has 1 saturated carbocycles. The minimum Gasteiger partial charge on any atom is -0.387 e. The van der Waals surface area contributed by atoms with E-state index >= 15 is 0 Å². The van der Waals surface area contributed by atoms with Gasteiger partial charge in [-0.25, -0.2) is 0 Å². The summed E-state index contributed by atoms with van der Waals surface area (Å²) in [6.07, 6.45) is 6.21. The molecule has 0 aromatic carbocycles. The predicted octanol–water partition coefficient (Wildman–Crippen LogP) is 2.13. The largest absolute Gasteiger partial charge is 0.387 e. The van der Waals surface area contributed by atoms with E-state index in [0.29, 0.717) is 0 Å². The Morgan fingerprint density at radius 3 is 3.07 bits per heavy atom. The van der Waals surface area contributed by atoms with E-state index in [1.165, 1.54) is 12.8 Å². The van der Waals surface area contributed by atoms with Gasteiger partial charge in [-0.1, -0.05) is 12.8 Å². The van der Waals surface area contributed by atoms with E-state index in [4.69, 9.17) is 0 Å². The van der Waals surface area contributed by atoms with Gasteiger partial charge in [0.15, 0.2) is 0 Å². The maximum absolute atomic E-state index is 9.94. The van der Waals surface area contributed by atoms with Crippen LogP contribution in [-0.2, 0) is 6.54 Å². The topological polar surface area (TPSA) is 38.0 Å². The molecular weight excluding hydrogens is 176 g/mol. The fourth-order valence-electron chi connectivity index (χ4n) is 1.84. The van der Waals surface area contributed by atoms with Gasteiger partial charge in [0, 0.05) is 12.7 Å². The zero-order chi connectivity index (χ0) is 9.97. The second kappa shape index (κ2) is 4.13. The molecule has 2 rings (SSSR count). The highest BCUT2D eigenvalue weighted by atomic mass is 16.3. The minimum atomic E-state index is -0.321. The van der Waals surface area contributed by atoms with Gasteiger partial charge in [0.1, 0.15) is 0 Å². The molecule has 1 aliphatic rings. The summed E-state index contributed by atoms with van der Waals surface area (Å²) in [6.45, 7) is 2.88. The zero-order valence-corrected chi connectivity index (χ0v) is 8.69. The van der Waals surface area contributed by atoms with E-state index in [0.717, 1.165) is 31.0 Å². The molecule has 1 N–H and O–H groups in total. The summed E-state index contributed by atoms with van der Waals surface area (Å²) >= 11 is 0. The van der Waals surface area contributed by atoms with E-state index in [1.807, 2.05) is 17.7 Å². The molecule has 0 aliphatic heterocycles. The van der Waals surface area contributed by atoms with Crippen LogP contribution in [-0.4, -0.2) is 14.9 Å². The number of nitrogens with zero attached hydrogens (tertiary/aromatic N) is 2. The summed E-state index contributed by atoms with van der Waals surface area (Å²) in [6, 6.07) is 1.92. The molecule has 3 nitrogen and oxygen atoms in total. The highest BCUT2D eigenvalue weighted by molar-refractivity contribution is 5.04. The summed E-state index contributed by atoms with van der Waals surface area (Å²) in [7, 11) is 0. The van der Waals surface area contributed by atoms with Gasteiger partial charge in [-0.3, -0.25) is 4.68 Å². The number of aliphatic hydroxyl groups is 1. The lowest BCUT2D eigenvalue weighted by Gasteiger charge is -2.11. The van der Waals surface area contributed by atoms with E-state index < -0.39 is 0 Å². The Balaban J connectivity index is 1.91. The van der Waals surface area contributed by atoms with E-state index in [1.54, 1.807) is 6.20 Å². The quantitative estimate of drug-likeness (QED) is 0.779. The van der Waals surface area contributed by atoms with Crippen molar-refractivity contribution in [3.63, 3.8) is 0 Å². The van der Waals surface area contributed by atoms with E-state index in [-0.39, 0.29) is 6.10 Å². The molecule has 1 fully saturated rings. The van der Waals surface area contributed by atoms with Crippen LogP contribution in [0.5, 0.6) is 0 Å². The van der Waals surface area contributed by atoms with Crippen molar-refractivity contribution < 1.29 is 5.11 Å². The molecule has 0 amide bonds. The standard InChI is InChI=1S/C11H18N2O/c1-2-13-10(7-8-12-13)11(14)6-5-9-3-4-9/h7-9,11,14H,2-6H2,1H3. The monoisotopic (exact) mass is 194 g/mol. The van der Waals surface area contributed by atoms with Crippen molar-refractivity contribution in [3.8, 4) is 0 Å². The summed E-state index contributed by atoms with van der Waals surface area (Å²) < 4.78 is 1.87. The highest BCUT2D eigenvalue weighted by Gasteiger charge is 2.23. The van der Waals surface area contributed by atoms with Gasteiger partial charge in [-0.2, -0.15) is 5.10 Å². The Morgan fingerprint density at radius 1 is 1.64 bits per heavy atom. The van der Waals surface area contributed by atoms with Crippen LogP contribution in [0.3, 0.4) is 0 Å². The molecule has 0 radical (unpaired) electrons. The average Bonchev–Trinajstić information content (AvgIpc) is 2.90. The SMILES string of the molecule is CCn1nccc1C(O)CCC1CC1. The minimum absolute atomic E-state index is 0.321. The number of rotatable bonds is 5. The van der Waals surface area contributed by atoms with Crippen molar-refractivity contribution in [1.29, 1.82) is 0 Å². The van der Waals surface area contributed by atoms with Gasteiger partial charge in [-0.05, 0) is 31.7 Å². The second-order valence-corrected chi connectivity index (χ2v) is 4.11. The van der Waals surface area contributed by atoms with Crippen LogP contribution in [0.4, 0.5) is 0 Å². The lowest BCUT2D eigenvalue weighted by molar-refractivity contribution is 0.151. The number of hydrogen-bond acceptors (Lipinski definition) is 2. The van der Waals surface area contributed by atoms with Crippen LogP contribution in [0.15, 0.2) is 12.3 Å². The predicted molar refractivity (Wildman–Crippen MR) is 54.8 cm³/mol. The van der Waals surface area contributed by atoms with Crippen molar-refractivity contribution in [3.05, 3.63) is 18.0 Å². The Labute approximate surface area is 84.7 Å². The van der Waals surface area contributed by atoms with Gasteiger partial charge >= 0.3 is 0 Å². The molecule has 1 aliphatic carbocycles. The molecule has 0 bridgehead atoms. The molecule has 0 spiro atoms. The van der Waals surface area contributed by atoms with E-state index in [2.05, 4.69) is 5.10 Å². The third-order valence-electron chi connectivity index (χ3n) is 2.94. The number of aromatic nitrogens is 2. The molecular formula is C11H18N2O. The van der Waals surface area contributed by atoms with Crippen LogP contribution >= 0.6 is 0 Å². The van der Waals surface area contributed by atoms with Crippen molar-refractivity contribution in [2.45, 2.75) is 45.3 Å². The number of hydrogen-bond donors (Lipinski definition) is 1. The summed E-state index contributed by atoms with van der Waals surface area (Å²) in [5.41, 5.74) is 0.966. The molecule has 1 aromatic rings. The van der Waals surface area contributed by atoms with Crippen LogP contribution in [0, 0.1) is 5.92 Å². The smallest absolute Gasteiger partial charge is 0.0956 e. The van der Waals surface area contributed by atoms with Crippen molar-refractivity contribution in [2.24, 2.45) is 5.92 Å². The number of aryl methyl sites for hydroxylation is 1. The third kappa shape index (κ3) is 2.15. The lowest BCUT2D eigenvalue weighted by Crippen LogP contribution is -2.08. The molecule has 0 saturated heterocycles. The van der Waals surface area contributed by atoms with Crippen LogP contribution in [0.2, 0.25) is 0 Å². The highest BCUT2D eigenvalue weighted by Crippen LogP contribution is 2.35. The van der Waals surface area contributed by atoms with Gasteiger partial charge < -0.3 is 5.11 Å². The van der Waals surface area contributed by atoms with Crippen LogP contribution < -0.4 is 0 Å². The fraction of sp³-hybridized carbons (Fsp3) is 0.727. The summed E-state index contributed by atoms with van der Waals surface area (Å²) in [4.78, 5) is 0. The average molecular weight is 194 g/mol. The Bertz CT molecular complexity index is 291. The maximum Gasteiger partial charge on any atom is 0.0956 e. The van der Waals surface area contributed by atoms with Crippen molar-refractivity contribution in [1.82, 2.24) is 9.78 Å². The first kappa shape index (κ1) is 9.71. The normalized spacial score (nSPS) is 18.4. The maximum atomic E-state index is 9.94. The first-order valence-corrected chi connectivity index (χ1v) is 5.51. The Kier molecular flexibility index (Phi) is 2.87. The van der Waals surface area contributed by atoms with Crippen molar-refractivity contribution >= 4 is 0 Å². The first-order chi connectivity index (χ1) is 6.81. The molecule has 14 heavy (non-hydrogen) atoms. The van der Waals surface area contributed by atoms with Gasteiger partial charge in [-0.15, -0.1) is 0 Å². The summed E-state index contributed by atoms with van der Waals surface area (Å²) in [5, 5.41) is 14.1. The Hall–Kier alpha value is -0.830. The van der Waals surface area contributed by atoms with Gasteiger partial charge in [0.25, 0.3) is 0 Å². The zero-order valence-electron chi connectivity index (χ0n) is 8.69. The van der Waals surface area contributed by atoms with Crippen molar-refractivity contribution in [2.75, 3.05) is 0 Å². The first-order valence-electron chi connectivity index (χ1n) is 5.51. The molecule has 1 atom stereocenters. The number of aliphatic hydroxyl groups excluding tert-OH is 1. The van der Waals surface area contributed by atoms with E-state index in [9.17, 15) is 5.11 Å². The van der Waals surface area contributed by atoms with Crippen LogP contribution in [0.25, 0.3) is 0 Å². The lowest BCUT2D eigenvalue weighted by atomic mass is 10.1. The molecule has 1 heterocycles. The fourth-order valence-corrected chi connectivity index (χ4v) is 1.84. The second-order valence-electron chi connectivity index (χ2n) is 4.11.